The van der Waals surface area contributed by atoms with Crippen molar-refractivity contribution in [3.63, 3.8) is 0 Å². The molecule has 0 radical (unpaired) electrons. The zero-order valence-corrected chi connectivity index (χ0v) is 24.8. The number of carbonyl (C=O) groups is 3. The van der Waals surface area contributed by atoms with E-state index < -0.39 is 23.6 Å². The quantitative estimate of drug-likeness (QED) is 0.337. The summed E-state index contributed by atoms with van der Waals surface area (Å²) in [6.07, 6.45) is 1.80. The Labute approximate surface area is 242 Å². The van der Waals surface area contributed by atoms with E-state index in [-0.39, 0.29) is 23.6 Å². The molecule has 0 bridgehead atoms. The fraction of sp³-hybridized carbons (Fsp3) is 0.531. The average Bonchev–Trinajstić information content (AvgIpc) is 2.98. The number of likely N-dealkylation sites (tertiary alicyclic amines) is 1. The van der Waals surface area contributed by atoms with Crippen LogP contribution in [0.4, 0.5) is 4.79 Å². The predicted molar refractivity (Wildman–Crippen MR) is 156 cm³/mol. The van der Waals surface area contributed by atoms with Crippen molar-refractivity contribution in [3.05, 3.63) is 64.7 Å². The summed E-state index contributed by atoms with van der Waals surface area (Å²) in [7, 11) is 0. The fourth-order valence-corrected chi connectivity index (χ4v) is 5.97. The van der Waals surface area contributed by atoms with Crippen LogP contribution in [0.25, 0.3) is 0 Å². The van der Waals surface area contributed by atoms with Crippen LogP contribution in [0.3, 0.4) is 0 Å². The Kier molecular flexibility index (Phi) is 9.71. The number of carbonyl (C=O) groups excluding carboxylic acids is 2. The highest BCUT2D eigenvalue weighted by Crippen LogP contribution is 2.46. The van der Waals surface area contributed by atoms with Gasteiger partial charge in [-0.1, -0.05) is 57.0 Å². The van der Waals surface area contributed by atoms with Crippen LogP contribution in [0.5, 0.6) is 5.75 Å². The molecule has 0 aliphatic carbocycles. The summed E-state index contributed by atoms with van der Waals surface area (Å²) < 4.78 is 11.9. The fourth-order valence-electron chi connectivity index (χ4n) is 5.97. The van der Waals surface area contributed by atoms with Crippen molar-refractivity contribution in [2.45, 2.75) is 78.6 Å². The molecule has 0 unspecified atom stereocenters. The molecule has 4 rings (SSSR count). The summed E-state index contributed by atoms with van der Waals surface area (Å²) in [6, 6.07) is 12.0. The van der Waals surface area contributed by atoms with Gasteiger partial charge in [0.15, 0.2) is 6.23 Å². The smallest absolute Gasteiger partial charge is 0.336 e. The van der Waals surface area contributed by atoms with Crippen LogP contribution >= 0.6 is 0 Å². The van der Waals surface area contributed by atoms with Crippen LogP contribution in [0.1, 0.15) is 92.5 Å². The van der Waals surface area contributed by atoms with Crippen molar-refractivity contribution in [2.24, 2.45) is 5.41 Å². The van der Waals surface area contributed by atoms with E-state index in [4.69, 9.17) is 9.47 Å². The summed E-state index contributed by atoms with van der Waals surface area (Å²) in [5.74, 6) is -0.843. The number of β-lactam (4-membered cyclic amide) rings is 1. The second kappa shape index (κ2) is 13.0. The van der Waals surface area contributed by atoms with Crippen molar-refractivity contribution in [1.29, 1.82) is 0 Å². The third-order valence-corrected chi connectivity index (χ3v) is 8.73. The van der Waals surface area contributed by atoms with Crippen molar-refractivity contribution < 1.29 is 29.0 Å². The molecule has 2 N–H and O–H groups in total. The highest BCUT2D eigenvalue weighted by Gasteiger charge is 2.63. The molecule has 222 valence electrons. The maximum atomic E-state index is 13.6. The molecule has 0 saturated carbocycles. The molecule has 3 amide bonds. The Hall–Kier alpha value is -3.43. The topological polar surface area (TPSA) is 108 Å². The number of amides is 3. The number of nitrogens with zero attached hydrogens (tertiary/aromatic N) is 2. The number of carboxylic acid groups (broad SMARTS) is 1. The molecule has 2 aliphatic rings. The molecule has 2 aromatic carbocycles. The average molecular weight is 566 g/mol. The molecule has 2 fully saturated rings. The van der Waals surface area contributed by atoms with Gasteiger partial charge >= 0.3 is 12.0 Å². The van der Waals surface area contributed by atoms with Crippen LogP contribution in [0.2, 0.25) is 0 Å². The molecular formula is C32H43N3O6. The second-order valence-corrected chi connectivity index (χ2v) is 11.1. The molecule has 2 saturated heterocycles. The first kappa shape index (κ1) is 30.5. The number of hydrogen-bond acceptors (Lipinski definition) is 6. The Morgan fingerprint density at radius 1 is 1.10 bits per heavy atom. The summed E-state index contributed by atoms with van der Waals surface area (Å²) >= 11 is 0. The minimum Gasteiger partial charge on any atom is -0.478 e. The minimum absolute atomic E-state index is 0.178. The maximum absolute atomic E-state index is 13.6. The third kappa shape index (κ3) is 6.11. The molecular weight excluding hydrogens is 522 g/mol. The normalized spacial score (nSPS) is 20.2. The first-order valence-electron chi connectivity index (χ1n) is 14.7. The largest absolute Gasteiger partial charge is 0.478 e. The number of carboxylic acids is 1. The van der Waals surface area contributed by atoms with E-state index in [9.17, 15) is 19.5 Å². The standard InChI is InChI=1S/C32H43N3O6/c1-6-9-27(23-12-10-21(4)11-13-23)33-31(39)35-29(38)32(7-2,8-3)30(35)41-24-14-15-25(28(36)37)26(20-24)22(5)34-16-18-40-19-17-34/h10-15,20,22,27,30H,6-9,16-19H2,1-5H3,(H,33,39)(H,36,37)/t22-,27+,30+/m1/s1. The number of benzene rings is 2. The lowest BCUT2D eigenvalue weighted by atomic mass is 9.72. The first-order chi connectivity index (χ1) is 19.7. The number of imide groups is 1. The van der Waals surface area contributed by atoms with Gasteiger partial charge in [0.2, 0.25) is 5.91 Å². The minimum atomic E-state index is -1.01. The van der Waals surface area contributed by atoms with Crippen LogP contribution < -0.4 is 10.1 Å². The lowest BCUT2D eigenvalue weighted by Gasteiger charge is -2.53. The number of rotatable bonds is 11. The summed E-state index contributed by atoms with van der Waals surface area (Å²) in [5.41, 5.74) is 2.10. The van der Waals surface area contributed by atoms with Gasteiger partial charge in [0.25, 0.3) is 0 Å². The van der Waals surface area contributed by atoms with Gasteiger partial charge < -0.3 is 19.9 Å². The van der Waals surface area contributed by atoms with Gasteiger partial charge in [-0.25, -0.2) is 14.5 Å². The van der Waals surface area contributed by atoms with Gasteiger partial charge in [-0.15, -0.1) is 0 Å². The molecule has 0 spiro atoms. The van der Waals surface area contributed by atoms with E-state index in [1.54, 1.807) is 18.2 Å². The lowest BCUT2D eigenvalue weighted by Crippen LogP contribution is -2.73. The van der Waals surface area contributed by atoms with Crippen LogP contribution in [0.15, 0.2) is 42.5 Å². The number of aromatic carboxylic acids is 1. The van der Waals surface area contributed by atoms with Crippen LogP contribution in [0, 0.1) is 12.3 Å². The Morgan fingerprint density at radius 3 is 2.34 bits per heavy atom. The molecule has 9 nitrogen and oxygen atoms in total. The van der Waals surface area contributed by atoms with Gasteiger partial charge in [-0.2, -0.15) is 0 Å². The van der Waals surface area contributed by atoms with E-state index >= 15 is 0 Å². The Morgan fingerprint density at radius 2 is 1.76 bits per heavy atom. The Bertz CT molecular complexity index is 1240. The maximum Gasteiger partial charge on any atom is 0.336 e. The van der Waals surface area contributed by atoms with E-state index in [1.807, 2.05) is 52.0 Å². The third-order valence-electron chi connectivity index (χ3n) is 8.73. The molecule has 0 aromatic heterocycles. The molecule has 9 heteroatoms. The summed E-state index contributed by atoms with van der Waals surface area (Å²) in [6.45, 7) is 12.5. The van der Waals surface area contributed by atoms with Crippen molar-refractivity contribution >= 4 is 17.9 Å². The van der Waals surface area contributed by atoms with E-state index in [0.717, 1.165) is 24.0 Å². The van der Waals surface area contributed by atoms with Gasteiger partial charge in [0.05, 0.1) is 24.8 Å². The summed E-state index contributed by atoms with van der Waals surface area (Å²) in [5, 5.41) is 13.0. The summed E-state index contributed by atoms with van der Waals surface area (Å²) in [4.78, 5) is 42.6. The van der Waals surface area contributed by atoms with E-state index in [1.165, 1.54) is 4.90 Å². The van der Waals surface area contributed by atoms with Gasteiger partial charge in [0.1, 0.15) is 11.2 Å². The van der Waals surface area contributed by atoms with Gasteiger partial charge in [-0.3, -0.25) is 9.69 Å². The number of hydrogen-bond donors (Lipinski definition) is 2. The van der Waals surface area contributed by atoms with Crippen molar-refractivity contribution in [3.8, 4) is 5.75 Å². The Balaban J connectivity index is 1.62. The second-order valence-electron chi connectivity index (χ2n) is 11.1. The lowest BCUT2D eigenvalue weighted by molar-refractivity contribution is -0.191. The highest BCUT2D eigenvalue weighted by atomic mass is 16.5. The van der Waals surface area contributed by atoms with Crippen LogP contribution in [-0.4, -0.2) is 65.3 Å². The molecule has 2 aromatic rings. The zero-order valence-electron chi connectivity index (χ0n) is 24.8. The molecule has 2 aliphatic heterocycles. The number of aryl methyl sites for hydroxylation is 1. The first-order valence-corrected chi connectivity index (χ1v) is 14.7. The monoisotopic (exact) mass is 565 g/mol. The number of urea groups is 1. The number of ether oxygens (including phenoxy) is 2. The number of nitrogens with one attached hydrogen (secondary N) is 1. The van der Waals surface area contributed by atoms with Crippen molar-refractivity contribution in [2.75, 3.05) is 26.3 Å². The van der Waals surface area contributed by atoms with E-state index in [0.29, 0.717) is 50.5 Å². The van der Waals surface area contributed by atoms with Gasteiger partial charge in [-0.05, 0) is 62.4 Å². The van der Waals surface area contributed by atoms with Gasteiger partial charge in [0, 0.05) is 19.1 Å². The highest BCUT2D eigenvalue weighted by molar-refractivity contribution is 6.03. The predicted octanol–water partition coefficient (Wildman–Crippen LogP) is 5.69. The van der Waals surface area contributed by atoms with Crippen molar-refractivity contribution in [1.82, 2.24) is 15.1 Å². The molecule has 41 heavy (non-hydrogen) atoms. The van der Waals surface area contributed by atoms with E-state index in [2.05, 4.69) is 17.1 Å². The number of morpholine rings is 1. The molecule has 3 atom stereocenters. The zero-order chi connectivity index (χ0) is 29.7. The van der Waals surface area contributed by atoms with Crippen LogP contribution in [-0.2, 0) is 9.53 Å². The molecule has 2 heterocycles. The SMILES string of the molecule is CCC[C@H](NC(=O)N1C(=O)C(CC)(CC)[C@@H]1Oc1ccc(C(=O)O)c([C@@H](C)N2CCOCC2)c1)c1ccc(C)cc1.